The summed E-state index contributed by atoms with van der Waals surface area (Å²) in [4.78, 5) is 34.4. The van der Waals surface area contributed by atoms with Crippen molar-refractivity contribution in [3.05, 3.63) is 96.1 Å². The van der Waals surface area contributed by atoms with Gasteiger partial charge in [-0.2, -0.15) is 5.01 Å². The number of methoxy groups -OCH3 is 1. The van der Waals surface area contributed by atoms with E-state index >= 15 is 0 Å². The van der Waals surface area contributed by atoms with Gasteiger partial charge in [-0.3, -0.25) is 15.1 Å². The van der Waals surface area contributed by atoms with Crippen molar-refractivity contribution < 1.29 is 14.3 Å². The maximum Gasteiger partial charge on any atom is 0.433 e. The Bertz CT molecular complexity index is 1480. The molecule has 6 rings (SSSR count). The molecule has 3 heterocycles. The monoisotopic (exact) mass is 507 g/mol. The van der Waals surface area contributed by atoms with Crippen molar-refractivity contribution in [1.82, 2.24) is 20.6 Å². The van der Waals surface area contributed by atoms with Gasteiger partial charge in [-0.05, 0) is 24.6 Å². The lowest BCUT2D eigenvalue weighted by atomic mass is 9.95. The van der Waals surface area contributed by atoms with Gasteiger partial charge in [-0.25, -0.2) is 9.78 Å². The number of nitrogens with zero attached hydrogens (tertiary/aromatic N) is 3. The van der Waals surface area contributed by atoms with E-state index < -0.39 is 12.0 Å². The van der Waals surface area contributed by atoms with Crippen LogP contribution >= 0.6 is 0 Å². The molecule has 0 spiro atoms. The third-order valence-electron chi connectivity index (χ3n) is 7.38. The second-order valence-electron chi connectivity index (χ2n) is 9.70. The van der Waals surface area contributed by atoms with Crippen LogP contribution in [0.15, 0.2) is 84.9 Å². The summed E-state index contributed by atoms with van der Waals surface area (Å²) in [6.45, 7) is 2.44. The predicted octanol–water partition coefficient (Wildman–Crippen LogP) is 4.37. The summed E-state index contributed by atoms with van der Waals surface area (Å²) >= 11 is 0. The van der Waals surface area contributed by atoms with Gasteiger partial charge in [0.2, 0.25) is 0 Å². The largest absolute Gasteiger partial charge is 0.451 e. The summed E-state index contributed by atoms with van der Waals surface area (Å²) in [5.74, 6) is -0.396. The molecule has 2 fully saturated rings. The highest BCUT2D eigenvalue weighted by Crippen LogP contribution is 2.34. The molecule has 2 aliphatic heterocycles. The molecule has 0 unspecified atom stereocenters. The first-order valence-corrected chi connectivity index (χ1v) is 12.8. The van der Waals surface area contributed by atoms with Gasteiger partial charge < -0.3 is 10.1 Å². The van der Waals surface area contributed by atoms with Crippen LogP contribution in [0.25, 0.3) is 22.2 Å². The number of fused-ring (bicyclic) bond motifs is 3. The fourth-order valence-corrected chi connectivity index (χ4v) is 5.58. The van der Waals surface area contributed by atoms with E-state index in [4.69, 9.17) is 9.72 Å². The summed E-state index contributed by atoms with van der Waals surface area (Å²) in [6, 6.07) is 27.4. The summed E-state index contributed by atoms with van der Waals surface area (Å²) < 4.78 is 5.00. The summed E-state index contributed by atoms with van der Waals surface area (Å²) in [7, 11) is 1.29. The first-order valence-electron chi connectivity index (χ1n) is 12.8. The maximum atomic E-state index is 14.2. The highest BCUT2D eigenvalue weighted by molar-refractivity contribution is 6.10. The highest BCUT2D eigenvalue weighted by atomic mass is 16.5. The van der Waals surface area contributed by atoms with E-state index in [9.17, 15) is 9.59 Å². The Balaban J connectivity index is 1.50. The van der Waals surface area contributed by atoms with Crippen LogP contribution in [-0.4, -0.2) is 54.2 Å². The van der Waals surface area contributed by atoms with Crippen molar-refractivity contribution >= 4 is 28.6 Å². The molecule has 8 heteroatoms. The number of hydrogen-bond donors (Lipinski definition) is 2. The van der Waals surface area contributed by atoms with Gasteiger partial charge in [0, 0.05) is 48.2 Å². The Kier molecular flexibility index (Phi) is 6.49. The van der Waals surface area contributed by atoms with Gasteiger partial charge in [0.25, 0.3) is 5.91 Å². The number of likely N-dealkylation sites (tertiary alicyclic amines) is 1. The second-order valence-corrected chi connectivity index (χ2v) is 9.70. The third kappa shape index (κ3) is 4.49. The van der Waals surface area contributed by atoms with Crippen LogP contribution in [0.3, 0.4) is 0 Å². The molecule has 8 nitrogen and oxygen atoms in total. The molecule has 2 saturated heterocycles. The minimum atomic E-state index is -0.685. The number of carbonyl (C=O) groups is 2. The Morgan fingerprint density at radius 3 is 2.42 bits per heavy atom. The molecule has 2 bridgehead atoms. The SMILES string of the molecule is COC(=O)N(NC(=O)c1c(CN2C[C@H]3C[C@@H]2CN3)c(-c2ccccc2)nc2ccccc12)c1ccccc1. The van der Waals surface area contributed by atoms with Crippen LogP contribution in [0.1, 0.15) is 22.3 Å². The molecule has 4 aromatic rings. The molecule has 192 valence electrons. The smallest absolute Gasteiger partial charge is 0.433 e. The summed E-state index contributed by atoms with van der Waals surface area (Å²) in [5, 5.41) is 5.43. The van der Waals surface area contributed by atoms with Gasteiger partial charge in [0.15, 0.2) is 0 Å². The Morgan fingerprint density at radius 1 is 1.03 bits per heavy atom. The van der Waals surface area contributed by atoms with E-state index in [1.165, 1.54) is 7.11 Å². The normalized spacial score (nSPS) is 18.4. The molecule has 0 aliphatic carbocycles. The quantitative estimate of drug-likeness (QED) is 0.390. The third-order valence-corrected chi connectivity index (χ3v) is 7.38. The number of rotatable bonds is 5. The molecular weight excluding hydrogens is 478 g/mol. The molecule has 2 aliphatic rings. The number of carbonyl (C=O) groups excluding carboxylic acids is 2. The van der Waals surface area contributed by atoms with E-state index in [1.54, 1.807) is 24.3 Å². The summed E-state index contributed by atoms with van der Waals surface area (Å²) in [6.07, 6.45) is 0.420. The van der Waals surface area contributed by atoms with Crippen molar-refractivity contribution in [2.75, 3.05) is 25.2 Å². The molecule has 2 atom stereocenters. The first kappa shape index (κ1) is 24.1. The molecule has 0 radical (unpaired) electrons. The van der Waals surface area contributed by atoms with Gasteiger partial charge in [-0.15, -0.1) is 0 Å². The number of benzene rings is 3. The molecule has 0 saturated carbocycles. The molecule has 2 amide bonds. The zero-order valence-corrected chi connectivity index (χ0v) is 21.1. The Labute approximate surface area is 221 Å². The number of aromatic nitrogens is 1. The van der Waals surface area contributed by atoms with Crippen LogP contribution in [0.5, 0.6) is 0 Å². The van der Waals surface area contributed by atoms with Crippen molar-refractivity contribution in [2.24, 2.45) is 0 Å². The fraction of sp³-hybridized carbons (Fsp3) is 0.233. The number of anilines is 1. The number of hydrazine groups is 1. The van der Waals surface area contributed by atoms with Gasteiger partial charge >= 0.3 is 6.09 Å². The summed E-state index contributed by atoms with van der Waals surface area (Å²) in [5.41, 5.74) is 7.12. The fourth-order valence-electron chi connectivity index (χ4n) is 5.58. The lowest BCUT2D eigenvalue weighted by Crippen LogP contribution is -2.47. The van der Waals surface area contributed by atoms with Crippen LogP contribution < -0.4 is 15.8 Å². The highest BCUT2D eigenvalue weighted by Gasteiger charge is 2.38. The van der Waals surface area contributed by atoms with Gasteiger partial charge in [0.1, 0.15) is 0 Å². The minimum Gasteiger partial charge on any atom is -0.451 e. The van der Waals surface area contributed by atoms with Crippen molar-refractivity contribution in [3.63, 3.8) is 0 Å². The lowest BCUT2D eigenvalue weighted by Gasteiger charge is -2.29. The van der Waals surface area contributed by atoms with Gasteiger partial charge in [-0.1, -0.05) is 66.7 Å². The molecule has 3 aromatic carbocycles. The Hall–Kier alpha value is -4.27. The van der Waals surface area contributed by atoms with E-state index in [2.05, 4.69) is 15.6 Å². The van der Waals surface area contributed by atoms with Crippen molar-refractivity contribution in [2.45, 2.75) is 25.0 Å². The number of pyridine rings is 1. The Morgan fingerprint density at radius 2 is 1.74 bits per heavy atom. The average molecular weight is 508 g/mol. The van der Waals surface area contributed by atoms with Crippen molar-refractivity contribution in [1.29, 1.82) is 0 Å². The first-order chi connectivity index (χ1) is 18.6. The van der Waals surface area contributed by atoms with Crippen LogP contribution in [0.2, 0.25) is 0 Å². The van der Waals surface area contributed by atoms with Crippen LogP contribution in [0, 0.1) is 0 Å². The standard InChI is InChI=1S/C30H29N5O3/c1-38-30(37)35(22-12-6-3-7-13-22)33-29(36)27-24-14-8-9-15-26(24)32-28(20-10-4-2-5-11-20)25(27)19-34-18-21-16-23(34)17-31-21/h2-15,21,23,31H,16-19H2,1H3,(H,33,36)/t21-,23-/m1/s1. The predicted molar refractivity (Wildman–Crippen MR) is 147 cm³/mol. The topological polar surface area (TPSA) is 86.8 Å². The number of nitrogens with one attached hydrogen (secondary N) is 2. The number of amides is 2. The zero-order chi connectivity index (χ0) is 26.1. The number of hydrogen-bond acceptors (Lipinski definition) is 6. The van der Waals surface area contributed by atoms with E-state index in [0.717, 1.165) is 46.7 Å². The zero-order valence-electron chi connectivity index (χ0n) is 21.1. The van der Waals surface area contributed by atoms with Crippen molar-refractivity contribution in [3.8, 4) is 11.3 Å². The maximum absolute atomic E-state index is 14.2. The van der Waals surface area contributed by atoms with E-state index in [-0.39, 0.29) is 0 Å². The second kappa shape index (κ2) is 10.2. The lowest BCUT2D eigenvalue weighted by molar-refractivity contribution is 0.0940. The van der Waals surface area contributed by atoms with E-state index in [1.807, 2.05) is 60.7 Å². The number of ether oxygens (including phenoxy) is 1. The minimum absolute atomic E-state index is 0.396. The molecular formula is C30H29N5O3. The average Bonchev–Trinajstić information content (AvgIpc) is 3.59. The van der Waals surface area contributed by atoms with E-state index in [0.29, 0.717) is 35.4 Å². The molecule has 2 N–H and O–H groups in total. The molecule has 38 heavy (non-hydrogen) atoms. The molecule has 1 aromatic heterocycles. The number of para-hydroxylation sites is 2. The van der Waals surface area contributed by atoms with Gasteiger partial charge in [0.05, 0.1) is 29.6 Å². The van der Waals surface area contributed by atoms with Crippen LogP contribution in [0.4, 0.5) is 10.5 Å². The van der Waals surface area contributed by atoms with Crippen LogP contribution in [-0.2, 0) is 11.3 Å². The number of piperazine rings is 1.